The molecule has 1 aromatic heterocycles. The van der Waals surface area contributed by atoms with Crippen LogP contribution in [0.4, 0.5) is 18.9 Å². The number of carboxylic acids is 1. The zero-order valence-electron chi connectivity index (χ0n) is 21.1. The standard InChI is InChI=1S/C29H26Cl2F3N3O2/c1-17(28(38)39)19-5-4-14-36(15-19)20-12-10-18(11-13-20)27-21-6-2-7-23(29(32,33)34)26(21)35-37(27)16-22-24(30)8-3-9-25(22)31/h2-3,6-13,17,19H,4-5,14-16H2,1H3,(H,38,39)/t17?,19-/m0/s1. The van der Waals surface area contributed by atoms with Crippen molar-refractivity contribution in [1.82, 2.24) is 9.78 Å². The molecule has 0 saturated carbocycles. The molecule has 0 spiro atoms. The predicted octanol–water partition coefficient (Wildman–Crippen LogP) is 8.01. The number of aromatic nitrogens is 2. The number of nitrogens with zero attached hydrogens (tertiary/aromatic N) is 3. The van der Waals surface area contributed by atoms with Crippen LogP contribution in [0.2, 0.25) is 10.0 Å². The van der Waals surface area contributed by atoms with E-state index in [1.165, 1.54) is 10.7 Å². The van der Waals surface area contributed by atoms with Gasteiger partial charge in [-0.05, 0) is 49.1 Å². The molecule has 0 aliphatic carbocycles. The number of fused-ring (bicyclic) bond motifs is 1. The third-order valence-electron chi connectivity index (χ3n) is 7.51. The molecule has 1 unspecified atom stereocenters. The number of hydrogen-bond donors (Lipinski definition) is 1. The maximum atomic E-state index is 13.9. The molecule has 1 fully saturated rings. The average Bonchev–Trinajstić information content (AvgIpc) is 3.28. The van der Waals surface area contributed by atoms with Crippen LogP contribution in [0.3, 0.4) is 0 Å². The van der Waals surface area contributed by atoms with Gasteiger partial charge in [-0.2, -0.15) is 18.3 Å². The van der Waals surface area contributed by atoms with E-state index in [9.17, 15) is 23.1 Å². The second kappa shape index (κ2) is 10.7. The fourth-order valence-electron chi connectivity index (χ4n) is 5.32. The van der Waals surface area contributed by atoms with Crippen molar-refractivity contribution in [3.8, 4) is 11.3 Å². The summed E-state index contributed by atoms with van der Waals surface area (Å²) in [6.07, 6.45) is -2.82. The number of hydrogen-bond acceptors (Lipinski definition) is 3. The highest BCUT2D eigenvalue weighted by Gasteiger charge is 2.35. The zero-order valence-corrected chi connectivity index (χ0v) is 22.6. The van der Waals surface area contributed by atoms with E-state index < -0.39 is 23.6 Å². The van der Waals surface area contributed by atoms with Crippen LogP contribution in [0.15, 0.2) is 60.7 Å². The lowest BCUT2D eigenvalue weighted by atomic mass is 9.86. The number of anilines is 1. The lowest BCUT2D eigenvalue weighted by Gasteiger charge is -2.36. The summed E-state index contributed by atoms with van der Waals surface area (Å²) in [4.78, 5) is 13.7. The molecule has 0 amide bonds. The van der Waals surface area contributed by atoms with E-state index in [0.717, 1.165) is 31.1 Å². The van der Waals surface area contributed by atoms with Crippen LogP contribution >= 0.6 is 23.2 Å². The minimum Gasteiger partial charge on any atom is -0.481 e. The van der Waals surface area contributed by atoms with Crippen LogP contribution in [-0.4, -0.2) is 33.9 Å². The summed E-state index contributed by atoms with van der Waals surface area (Å²) in [6, 6.07) is 16.7. The van der Waals surface area contributed by atoms with E-state index in [2.05, 4.69) is 10.00 Å². The van der Waals surface area contributed by atoms with Gasteiger partial charge in [-0.15, -0.1) is 0 Å². The summed E-state index contributed by atoms with van der Waals surface area (Å²) in [5.74, 6) is -1.19. The SMILES string of the molecule is CC(C(=O)O)[C@H]1CCCN(c2ccc(-c3c4cccc(C(F)(F)F)c4nn3Cc3c(Cl)cccc3Cl)cc2)C1. The Kier molecular flexibility index (Phi) is 7.53. The van der Waals surface area contributed by atoms with E-state index in [1.54, 1.807) is 31.2 Å². The fourth-order valence-corrected chi connectivity index (χ4v) is 5.83. The Morgan fingerprint density at radius 2 is 1.74 bits per heavy atom. The van der Waals surface area contributed by atoms with Gasteiger partial charge in [-0.25, -0.2) is 0 Å². The fraction of sp³-hybridized carbons (Fsp3) is 0.310. The molecular formula is C29H26Cl2F3N3O2. The van der Waals surface area contributed by atoms with Crippen LogP contribution in [-0.2, 0) is 17.5 Å². The number of carbonyl (C=O) groups is 1. The van der Waals surface area contributed by atoms with Crippen molar-refractivity contribution in [1.29, 1.82) is 0 Å². The number of benzene rings is 3. The molecule has 10 heteroatoms. The molecule has 1 aliphatic heterocycles. The van der Waals surface area contributed by atoms with Crippen molar-refractivity contribution in [3.05, 3.63) is 81.8 Å². The molecule has 5 rings (SSSR count). The second-order valence-corrected chi connectivity index (χ2v) is 10.7. The number of piperidine rings is 1. The number of halogens is 5. The van der Waals surface area contributed by atoms with E-state index in [0.29, 0.717) is 38.8 Å². The third-order valence-corrected chi connectivity index (χ3v) is 8.21. The lowest BCUT2D eigenvalue weighted by molar-refractivity contribution is -0.143. The quantitative estimate of drug-likeness (QED) is 0.253. The van der Waals surface area contributed by atoms with Crippen LogP contribution in [0.1, 0.15) is 30.9 Å². The smallest absolute Gasteiger partial charge is 0.418 e. The average molecular weight is 576 g/mol. The minimum absolute atomic E-state index is 0.0439. The Hall–Kier alpha value is -3.23. The van der Waals surface area contributed by atoms with Crippen molar-refractivity contribution in [2.24, 2.45) is 11.8 Å². The Balaban J connectivity index is 1.56. The molecule has 1 saturated heterocycles. The monoisotopic (exact) mass is 575 g/mol. The Labute approximate surface area is 233 Å². The number of alkyl halides is 3. The second-order valence-electron chi connectivity index (χ2n) is 9.93. The largest absolute Gasteiger partial charge is 0.481 e. The van der Waals surface area contributed by atoms with Gasteiger partial charge in [0.15, 0.2) is 0 Å². The van der Waals surface area contributed by atoms with Gasteiger partial charge in [0.05, 0.1) is 23.7 Å². The third kappa shape index (κ3) is 5.45. The maximum Gasteiger partial charge on any atom is 0.418 e. The molecule has 2 atom stereocenters. The van der Waals surface area contributed by atoms with Crippen molar-refractivity contribution >= 4 is 45.8 Å². The Morgan fingerprint density at radius 1 is 1.08 bits per heavy atom. The summed E-state index contributed by atoms with van der Waals surface area (Å²) in [5.41, 5.74) is 1.75. The first-order valence-electron chi connectivity index (χ1n) is 12.6. The van der Waals surface area contributed by atoms with Crippen molar-refractivity contribution in [3.63, 3.8) is 0 Å². The highest BCUT2D eigenvalue weighted by atomic mass is 35.5. The van der Waals surface area contributed by atoms with Gasteiger partial charge in [0, 0.05) is 45.3 Å². The predicted molar refractivity (Wildman–Crippen MR) is 147 cm³/mol. The van der Waals surface area contributed by atoms with Crippen molar-refractivity contribution < 1.29 is 23.1 Å². The molecule has 1 aliphatic rings. The van der Waals surface area contributed by atoms with Crippen molar-refractivity contribution in [2.75, 3.05) is 18.0 Å². The summed E-state index contributed by atoms with van der Waals surface area (Å²) < 4.78 is 43.2. The van der Waals surface area contributed by atoms with Gasteiger partial charge in [0.1, 0.15) is 5.52 Å². The van der Waals surface area contributed by atoms with Gasteiger partial charge in [0.2, 0.25) is 0 Å². The first kappa shape index (κ1) is 27.3. The first-order chi connectivity index (χ1) is 18.5. The summed E-state index contributed by atoms with van der Waals surface area (Å²) >= 11 is 12.8. The summed E-state index contributed by atoms with van der Waals surface area (Å²) in [7, 11) is 0. The molecule has 0 bridgehead atoms. The lowest BCUT2D eigenvalue weighted by Crippen LogP contribution is -2.39. The van der Waals surface area contributed by atoms with Crippen LogP contribution < -0.4 is 4.90 Å². The molecule has 4 aromatic rings. The zero-order chi connectivity index (χ0) is 27.9. The molecule has 2 heterocycles. The normalized spacial score (nSPS) is 17.0. The molecule has 39 heavy (non-hydrogen) atoms. The number of aliphatic carboxylic acids is 1. The molecular weight excluding hydrogens is 550 g/mol. The Bertz CT molecular complexity index is 1500. The molecule has 0 radical (unpaired) electrons. The summed E-state index contributed by atoms with van der Waals surface area (Å²) in [5, 5.41) is 15.0. The van der Waals surface area contributed by atoms with E-state index in [4.69, 9.17) is 23.2 Å². The van der Waals surface area contributed by atoms with E-state index in [-0.39, 0.29) is 18.0 Å². The van der Waals surface area contributed by atoms with Gasteiger partial charge in [-0.3, -0.25) is 9.48 Å². The highest BCUT2D eigenvalue weighted by molar-refractivity contribution is 6.36. The first-order valence-corrected chi connectivity index (χ1v) is 13.4. The van der Waals surface area contributed by atoms with E-state index >= 15 is 0 Å². The van der Waals surface area contributed by atoms with Gasteiger partial charge < -0.3 is 10.0 Å². The molecule has 204 valence electrons. The number of carboxylic acid groups (broad SMARTS) is 1. The number of rotatable bonds is 6. The van der Waals surface area contributed by atoms with Crippen LogP contribution in [0, 0.1) is 11.8 Å². The topological polar surface area (TPSA) is 58.4 Å². The molecule has 3 aromatic carbocycles. The van der Waals surface area contributed by atoms with Crippen LogP contribution in [0.25, 0.3) is 22.2 Å². The highest BCUT2D eigenvalue weighted by Crippen LogP contribution is 2.39. The molecule has 1 N–H and O–H groups in total. The van der Waals surface area contributed by atoms with Gasteiger partial charge in [0.25, 0.3) is 0 Å². The Morgan fingerprint density at radius 3 is 2.38 bits per heavy atom. The van der Waals surface area contributed by atoms with Gasteiger partial charge in [-0.1, -0.05) is 60.5 Å². The van der Waals surface area contributed by atoms with E-state index in [1.807, 2.05) is 24.3 Å². The van der Waals surface area contributed by atoms with Gasteiger partial charge >= 0.3 is 12.1 Å². The molecule has 5 nitrogen and oxygen atoms in total. The van der Waals surface area contributed by atoms with Crippen LogP contribution in [0.5, 0.6) is 0 Å². The summed E-state index contributed by atoms with van der Waals surface area (Å²) in [6.45, 7) is 3.27. The minimum atomic E-state index is -4.57. The van der Waals surface area contributed by atoms with Crippen molar-refractivity contribution in [2.45, 2.75) is 32.5 Å². The maximum absolute atomic E-state index is 13.9.